The first-order chi connectivity index (χ1) is 10.2. The van der Waals surface area contributed by atoms with Gasteiger partial charge in [0.25, 0.3) is 0 Å². The Morgan fingerprint density at radius 1 is 1.24 bits per heavy atom. The highest BCUT2D eigenvalue weighted by Crippen LogP contribution is 2.42. The molecule has 3 unspecified atom stereocenters. The third-order valence-electron chi connectivity index (χ3n) is 4.46. The average Bonchev–Trinajstić information content (AvgIpc) is 3.09. The molecule has 3 amide bonds. The van der Waals surface area contributed by atoms with Gasteiger partial charge in [0.05, 0.1) is 0 Å². The van der Waals surface area contributed by atoms with E-state index in [4.69, 9.17) is 0 Å². The monoisotopic (exact) mass is 287 g/mol. The molecule has 2 aliphatic rings. The van der Waals surface area contributed by atoms with Crippen LogP contribution in [0, 0.1) is 5.92 Å². The van der Waals surface area contributed by atoms with Crippen molar-refractivity contribution in [3.05, 3.63) is 30.3 Å². The van der Waals surface area contributed by atoms with Crippen LogP contribution in [0.3, 0.4) is 0 Å². The third kappa shape index (κ3) is 2.60. The minimum absolute atomic E-state index is 0.0698. The van der Waals surface area contributed by atoms with Crippen molar-refractivity contribution in [1.82, 2.24) is 10.2 Å². The molecule has 1 aliphatic heterocycles. The molecular weight excluding hydrogens is 266 g/mol. The Bertz CT molecular complexity index is 532. The highest BCUT2D eigenvalue weighted by molar-refractivity contribution is 5.97. The van der Waals surface area contributed by atoms with Gasteiger partial charge in [-0.15, -0.1) is 0 Å². The SMILES string of the molecule is CCNC(=O)N1C2CCC(C2)C1C(=O)Nc1ccccc1. The second-order valence-electron chi connectivity index (χ2n) is 5.77. The third-order valence-corrected chi connectivity index (χ3v) is 4.46. The molecule has 2 N–H and O–H groups in total. The first-order valence-electron chi connectivity index (χ1n) is 7.62. The van der Waals surface area contributed by atoms with Gasteiger partial charge in [0.1, 0.15) is 6.04 Å². The number of rotatable bonds is 3. The second kappa shape index (κ2) is 5.76. The molecule has 0 spiro atoms. The number of carbonyl (C=O) groups is 2. The van der Waals surface area contributed by atoms with Crippen LogP contribution in [0.2, 0.25) is 0 Å². The standard InChI is InChI=1S/C16H21N3O2/c1-2-17-16(21)19-13-9-8-11(10-13)14(19)15(20)18-12-6-4-3-5-7-12/h3-7,11,13-14H,2,8-10H2,1H3,(H,17,21)(H,18,20). The van der Waals surface area contributed by atoms with Crippen LogP contribution in [0.5, 0.6) is 0 Å². The Labute approximate surface area is 124 Å². The summed E-state index contributed by atoms with van der Waals surface area (Å²) in [5, 5.41) is 5.76. The smallest absolute Gasteiger partial charge is 0.318 e. The summed E-state index contributed by atoms with van der Waals surface area (Å²) >= 11 is 0. The van der Waals surface area contributed by atoms with Crippen LogP contribution in [-0.4, -0.2) is 35.5 Å². The van der Waals surface area contributed by atoms with Crippen LogP contribution in [-0.2, 0) is 4.79 Å². The molecular formula is C16H21N3O2. The molecule has 3 atom stereocenters. The maximum Gasteiger partial charge on any atom is 0.318 e. The fourth-order valence-corrected chi connectivity index (χ4v) is 3.60. The number of anilines is 1. The Balaban J connectivity index is 1.75. The molecule has 1 heterocycles. The number of amides is 3. The lowest BCUT2D eigenvalue weighted by Gasteiger charge is -2.34. The molecule has 2 fully saturated rings. The number of hydrogen-bond donors (Lipinski definition) is 2. The van der Waals surface area contributed by atoms with Crippen LogP contribution >= 0.6 is 0 Å². The van der Waals surface area contributed by atoms with Crippen LogP contribution in [0.25, 0.3) is 0 Å². The Kier molecular flexibility index (Phi) is 3.82. The van der Waals surface area contributed by atoms with Crippen molar-refractivity contribution in [3.63, 3.8) is 0 Å². The molecule has 1 aliphatic carbocycles. The number of fused-ring (bicyclic) bond motifs is 2. The van der Waals surface area contributed by atoms with E-state index in [0.29, 0.717) is 12.5 Å². The van der Waals surface area contributed by atoms with Crippen molar-refractivity contribution in [2.45, 2.75) is 38.3 Å². The summed E-state index contributed by atoms with van der Waals surface area (Å²) in [5.74, 6) is 0.223. The van der Waals surface area contributed by atoms with E-state index >= 15 is 0 Å². The average molecular weight is 287 g/mol. The van der Waals surface area contributed by atoms with Crippen LogP contribution in [0.4, 0.5) is 10.5 Å². The Morgan fingerprint density at radius 3 is 2.71 bits per heavy atom. The number of likely N-dealkylation sites (tertiary alicyclic amines) is 1. The molecule has 5 nitrogen and oxygen atoms in total. The topological polar surface area (TPSA) is 61.4 Å². The maximum atomic E-state index is 12.6. The van der Waals surface area contributed by atoms with Crippen molar-refractivity contribution >= 4 is 17.6 Å². The minimum atomic E-state index is -0.337. The van der Waals surface area contributed by atoms with Crippen molar-refractivity contribution in [2.75, 3.05) is 11.9 Å². The van der Waals surface area contributed by atoms with Gasteiger partial charge in [-0.05, 0) is 44.2 Å². The molecule has 2 bridgehead atoms. The van der Waals surface area contributed by atoms with Gasteiger partial charge in [-0.3, -0.25) is 4.79 Å². The first-order valence-corrected chi connectivity index (χ1v) is 7.62. The molecule has 5 heteroatoms. The van der Waals surface area contributed by atoms with Crippen molar-refractivity contribution in [2.24, 2.45) is 5.92 Å². The van der Waals surface area contributed by atoms with E-state index in [1.807, 2.05) is 37.3 Å². The number of nitrogens with one attached hydrogen (secondary N) is 2. The molecule has 1 saturated carbocycles. The summed E-state index contributed by atoms with van der Waals surface area (Å²) < 4.78 is 0. The molecule has 0 radical (unpaired) electrons. The predicted octanol–water partition coefficient (Wildman–Crippen LogP) is 2.21. The number of urea groups is 1. The van der Waals surface area contributed by atoms with Gasteiger partial charge >= 0.3 is 6.03 Å². The zero-order valence-electron chi connectivity index (χ0n) is 12.2. The number of hydrogen-bond acceptors (Lipinski definition) is 2. The Morgan fingerprint density at radius 2 is 2.00 bits per heavy atom. The zero-order chi connectivity index (χ0) is 14.8. The molecule has 0 aromatic heterocycles. The molecule has 1 aromatic carbocycles. The first kappa shape index (κ1) is 13.9. The Hall–Kier alpha value is -2.04. The number of para-hydroxylation sites is 1. The van der Waals surface area contributed by atoms with Gasteiger partial charge < -0.3 is 15.5 Å². The van der Waals surface area contributed by atoms with Crippen LogP contribution in [0.1, 0.15) is 26.2 Å². The molecule has 3 rings (SSSR count). The largest absolute Gasteiger partial charge is 0.338 e. The van der Waals surface area contributed by atoms with Crippen molar-refractivity contribution in [1.29, 1.82) is 0 Å². The van der Waals surface area contributed by atoms with Gasteiger partial charge in [-0.1, -0.05) is 18.2 Å². The maximum absolute atomic E-state index is 12.6. The van der Waals surface area contributed by atoms with Gasteiger partial charge in [0, 0.05) is 18.3 Å². The van der Waals surface area contributed by atoms with E-state index in [-0.39, 0.29) is 24.0 Å². The van der Waals surface area contributed by atoms with Gasteiger partial charge in [0.2, 0.25) is 5.91 Å². The fraction of sp³-hybridized carbons (Fsp3) is 0.500. The van der Waals surface area contributed by atoms with Crippen LogP contribution < -0.4 is 10.6 Å². The molecule has 21 heavy (non-hydrogen) atoms. The zero-order valence-corrected chi connectivity index (χ0v) is 12.2. The fourth-order valence-electron chi connectivity index (χ4n) is 3.60. The minimum Gasteiger partial charge on any atom is -0.338 e. The lowest BCUT2D eigenvalue weighted by atomic mass is 9.98. The van der Waals surface area contributed by atoms with Gasteiger partial charge in [0.15, 0.2) is 0 Å². The highest BCUT2D eigenvalue weighted by Gasteiger charge is 2.51. The normalized spacial score (nSPS) is 26.7. The lowest BCUT2D eigenvalue weighted by Crippen LogP contribution is -2.54. The summed E-state index contributed by atoms with van der Waals surface area (Å²) in [5.41, 5.74) is 0.779. The second-order valence-corrected chi connectivity index (χ2v) is 5.77. The summed E-state index contributed by atoms with van der Waals surface area (Å²) in [6.45, 7) is 2.48. The summed E-state index contributed by atoms with van der Waals surface area (Å²) in [7, 11) is 0. The number of benzene rings is 1. The molecule has 1 aromatic rings. The van der Waals surface area contributed by atoms with E-state index in [0.717, 1.165) is 24.9 Å². The van der Waals surface area contributed by atoms with E-state index in [1.165, 1.54) is 0 Å². The van der Waals surface area contributed by atoms with E-state index in [1.54, 1.807) is 4.90 Å². The van der Waals surface area contributed by atoms with Crippen molar-refractivity contribution in [3.8, 4) is 0 Å². The summed E-state index contributed by atoms with van der Waals surface area (Å²) in [6.07, 6.45) is 2.99. The summed E-state index contributed by atoms with van der Waals surface area (Å²) in [4.78, 5) is 26.6. The molecule has 1 saturated heterocycles. The van der Waals surface area contributed by atoms with Crippen molar-refractivity contribution < 1.29 is 9.59 Å². The molecule has 112 valence electrons. The lowest BCUT2D eigenvalue weighted by molar-refractivity contribution is -0.121. The number of piperidine rings is 1. The van der Waals surface area contributed by atoms with E-state index in [9.17, 15) is 9.59 Å². The van der Waals surface area contributed by atoms with Gasteiger partial charge in [-0.2, -0.15) is 0 Å². The number of carbonyl (C=O) groups excluding carboxylic acids is 2. The van der Waals surface area contributed by atoms with E-state index < -0.39 is 0 Å². The quantitative estimate of drug-likeness (QED) is 0.895. The highest BCUT2D eigenvalue weighted by atomic mass is 16.2. The predicted molar refractivity (Wildman–Crippen MR) is 80.9 cm³/mol. The van der Waals surface area contributed by atoms with Crippen LogP contribution in [0.15, 0.2) is 30.3 Å². The van der Waals surface area contributed by atoms with E-state index in [2.05, 4.69) is 10.6 Å². The number of nitrogens with zero attached hydrogens (tertiary/aromatic N) is 1. The summed E-state index contributed by atoms with van der Waals surface area (Å²) in [6, 6.07) is 9.18. The van der Waals surface area contributed by atoms with Gasteiger partial charge in [-0.25, -0.2) is 4.79 Å².